The summed E-state index contributed by atoms with van der Waals surface area (Å²) in [5.41, 5.74) is 1.06. The zero-order valence-electron chi connectivity index (χ0n) is 8.49. The minimum atomic E-state index is -1.17. The van der Waals surface area contributed by atoms with E-state index in [1.165, 1.54) is 6.07 Å². The Kier molecular flexibility index (Phi) is 2.44. The van der Waals surface area contributed by atoms with Gasteiger partial charge in [0.25, 0.3) is 0 Å². The van der Waals surface area contributed by atoms with Crippen molar-refractivity contribution in [3.63, 3.8) is 0 Å². The fourth-order valence-electron chi connectivity index (χ4n) is 1.50. The molecule has 1 heterocycles. The van der Waals surface area contributed by atoms with Crippen LogP contribution in [0.2, 0.25) is 0 Å². The largest absolute Gasteiger partial charge is 0.465 e. The number of carboxylic acid groups (broad SMARTS) is 1. The van der Waals surface area contributed by atoms with Gasteiger partial charge in [0.05, 0.1) is 11.4 Å². The van der Waals surface area contributed by atoms with Crippen LogP contribution in [0.3, 0.4) is 0 Å². The third-order valence-electron chi connectivity index (χ3n) is 2.23. The highest BCUT2D eigenvalue weighted by molar-refractivity contribution is 5.89. The molecule has 0 saturated carbocycles. The molecule has 82 valence electrons. The van der Waals surface area contributed by atoms with Crippen molar-refractivity contribution in [2.24, 2.45) is 0 Å². The quantitative estimate of drug-likeness (QED) is 0.776. The minimum absolute atomic E-state index is 0.246. The lowest BCUT2D eigenvalue weighted by Crippen LogP contribution is -2.09. The molecule has 0 radical (unpaired) electrons. The van der Waals surface area contributed by atoms with Crippen LogP contribution in [0, 0.1) is 12.7 Å². The van der Waals surface area contributed by atoms with Gasteiger partial charge in [-0.2, -0.15) is 0 Å². The predicted octanol–water partition coefficient (Wildman–Crippen LogP) is 2.77. The minimum Gasteiger partial charge on any atom is -0.465 e. The lowest BCUT2D eigenvalue weighted by Gasteiger charge is -2.07. The van der Waals surface area contributed by atoms with E-state index in [0.717, 1.165) is 0 Å². The fraction of sp³-hybridized carbons (Fsp3) is 0.0909. The monoisotopic (exact) mass is 220 g/mol. The van der Waals surface area contributed by atoms with Gasteiger partial charge in [0.1, 0.15) is 11.3 Å². The van der Waals surface area contributed by atoms with Gasteiger partial charge in [0.15, 0.2) is 0 Å². The summed E-state index contributed by atoms with van der Waals surface area (Å²) in [7, 11) is 0. The van der Waals surface area contributed by atoms with E-state index in [4.69, 9.17) is 5.11 Å². The van der Waals surface area contributed by atoms with E-state index >= 15 is 0 Å². The molecule has 2 rings (SSSR count). The van der Waals surface area contributed by atoms with Crippen molar-refractivity contribution in [2.75, 3.05) is 5.32 Å². The molecule has 0 aliphatic rings. The second-order valence-corrected chi connectivity index (χ2v) is 3.36. The number of fused-ring (bicyclic) bond motifs is 1. The Bertz CT molecular complexity index is 569. The molecule has 0 fully saturated rings. The highest BCUT2D eigenvalue weighted by Crippen LogP contribution is 2.22. The molecule has 16 heavy (non-hydrogen) atoms. The van der Waals surface area contributed by atoms with E-state index in [9.17, 15) is 9.18 Å². The molecule has 0 unspecified atom stereocenters. The van der Waals surface area contributed by atoms with E-state index in [1.807, 2.05) is 0 Å². The first kappa shape index (κ1) is 10.4. The summed E-state index contributed by atoms with van der Waals surface area (Å²) in [4.78, 5) is 14.5. The summed E-state index contributed by atoms with van der Waals surface area (Å²) in [5.74, 6) is -0.414. The number of aryl methyl sites for hydroxylation is 1. The van der Waals surface area contributed by atoms with E-state index in [2.05, 4.69) is 10.3 Å². The molecule has 5 heteroatoms. The fourth-order valence-corrected chi connectivity index (χ4v) is 1.50. The van der Waals surface area contributed by atoms with E-state index < -0.39 is 11.9 Å². The second kappa shape index (κ2) is 3.77. The molecule has 4 nitrogen and oxygen atoms in total. The summed E-state index contributed by atoms with van der Waals surface area (Å²) in [6.45, 7) is 1.62. The lowest BCUT2D eigenvalue weighted by molar-refractivity contribution is 0.209. The average molecular weight is 220 g/mol. The van der Waals surface area contributed by atoms with Crippen LogP contribution >= 0.6 is 0 Å². The molecule has 0 saturated heterocycles. The molecule has 0 bridgehead atoms. The predicted molar refractivity (Wildman–Crippen MR) is 58.1 cm³/mol. The van der Waals surface area contributed by atoms with Crippen molar-refractivity contribution in [3.8, 4) is 0 Å². The Morgan fingerprint density at radius 3 is 2.94 bits per heavy atom. The summed E-state index contributed by atoms with van der Waals surface area (Å²) < 4.78 is 13.4. The van der Waals surface area contributed by atoms with Crippen LogP contribution in [-0.4, -0.2) is 16.2 Å². The molecular weight excluding hydrogens is 211 g/mol. The average Bonchev–Trinajstić information content (AvgIpc) is 2.20. The van der Waals surface area contributed by atoms with Crippen LogP contribution in [0.1, 0.15) is 5.69 Å². The number of carbonyl (C=O) groups is 1. The molecule has 1 aromatic carbocycles. The number of hydrogen-bond donors (Lipinski definition) is 2. The molecule has 1 amide bonds. The van der Waals surface area contributed by atoms with Gasteiger partial charge in [-0.1, -0.05) is 12.1 Å². The summed E-state index contributed by atoms with van der Waals surface area (Å²) in [5, 5.41) is 11.4. The smallest absolute Gasteiger partial charge is 0.409 e. The number of hydrogen-bond acceptors (Lipinski definition) is 2. The van der Waals surface area contributed by atoms with Gasteiger partial charge in [-0.25, -0.2) is 14.2 Å². The second-order valence-electron chi connectivity index (χ2n) is 3.36. The van der Waals surface area contributed by atoms with Gasteiger partial charge in [0, 0.05) is 5.39 Å². The number of para-hydroxylation sites is 1. The maximum absolute atomic E-state index is 13.4. The molecule has 2 aromatic rings. The maximum Gasteiger partial charge on any atom is 0.409 e. The zero-order chi connectivity index (χ0) is 11.7. The first-order valence-corrected chi connectivity index (χ1v) is 4.64. The van der Waals surface area contributed by atoms with Gasteiger partial charge < -0.3 is 5.11 Å². The van der Waals surface area contributed by atoms with Crippen molar-refractivity contribution in [1.29, 1.82) is 0 Å². The van der Waals surface area contributed by atoms with E-state index in [0.29, 0.717) is 16.8 Å². The first-order valence-electron chi connectivity index (χ1n) is 4.64. The number of pyridine rings is 1. The zero-order valence-corrected chi connectivity index (χ0v) is 8.49. The molecule has 0 atom stereocenters. The van der Waals surface area contributed by atoms with Crippen LogP contribution < -0.4 is 5.32 Å². The van der Waals surface area contributed by atoms with E-state index in [-0.39, 0.29) is 5.52 Å². The first-order chi connectivity index (χ1) is 7.58. The normalized spacial score (nSPS) is 10.4. The Hall–Kier alpha value is -2.17. The Balaban J connectivity index is 2.63. The lowest BCUT2D eigenvalue weighted by atomic mass is 10.1. The van der Waals surface area contributed by atoms with Crippen LogP contribution in [0.5, 0.6) is 0 Å². The Labute approximate surface area is 90.7 Å². The summed E-state index contributed by atoms with van der Waals surface area (Å²) in [6, 6.07) is 6.12. The van der Waals surface area contributed by atoms with Crippen molar-refractivity contribution in [1.82, 2.24) is 4.98 Å². The van der Waals surface area contributed by atoms with Crippen LogP contribution in [0.4, 0.5) is 14.9 Å². The molecule has 1 aromatic heterocycles. The van der Waals surface area contributed by atoms with Crippen LogP contribution in [0.25, 0.3) is 10.9 Å². The van der Waals surface area contributed by atoms with Gasteiger partial charge in [-0.05, 0) is 19.1 Å². The van der Waals surface area contributed by atoms with Crippen LogP contribution in [-0.2, 0) is 0 Å². The number of nitrogens with zero attached hydrogens (tertiary/aromatic N) is 1. The number of anilines is 1. The van der Waals surface area contributed by atoms with Crippen molar-refractivity contribution in [2.45, 2.75) is 6.92 Å². The molecule has 0 aliphatic heterocycles. The molecule has 0 spiro atoms. The number of benzene rings is 1. The van der Waals surface area contributed by atoms with Crippen molar-refractivity contribution >= 4 is 22.7 Å². The third kappa shape index (κ3) is 1.79. The highest BCUT2D eigenvalue weighted by atomic mass is 19.1. The summed E-state index contributed by atoms with van der Waals surface area (Å²) in [6.07, 6.45) is -1.17. The third-order valence-corrected chi connectivity index (χ3v) is 2.23. The molecular formula is C11H9FN2O2. The van der Waals surface area contributed by atoms with Gasteiger partial charge in [0.2, 0.25) is 0 Å². The number of aromatic nitrogens is 1. The van der Waals surface area contributed by atoms with E-state index in [1.54, 1.807) is 25.1 Å². The number of nitrogens with one attached hydrogen (secondary N) is 1. The van der Waals surface area contributed by atoms with Gasteiger partial charge in [-0.3, -0.25) is 5.32 Å². The van der Waals surface area contributed by atoms with Gasteiger partial charge >= 0.3 is 6.09 Å². The SMILES string of the molecule is Cc1nc2c(F)cccc2cc1NC(=O)O. The number of halogens is 1. The number of rotatable bonds is 1. The molecule has 2 N–H and O–H groups in total. The Morgan fingerprint density at radius 1 is 1.50 bits per heavy atom. The van der Waals surface area contributed by atoms with Crippen molar-refractivity contribution < 1.29 is 14.3 Å². The van der Waals surface area contributed by atoms with Crippen LogP contribution in [0.15, 0.2) is 24.3 Å². The van der Waals surface area contributed by atoms with Crippen molar-refractivity contribution in [3.05, 3.63) is 35.8 Å². The molecule has 0 aliphatic carbocycles. The highest BCUT2D eigenvalue weighted by Gasteiger charge is 2.08. The summed E-state index contributed by atoms with van der Waals surface area (Å²) >= 11 is 0. The maximum atomic E-state index is 13.4. The Morgan fingerprint density at radius 2 is 2.25 bits per heavy atom. The standard InChI is InChI=1S/C11H9FN2O2/c1-6-9(14-11(15)16)5-7-3-2-4-8(12)10(7)13-6/h2-5,14H,1H3,(H,15,16). The number of amides is 1. The van der Waals surface area contributed by atoms with Gasteiger partial charge in [-0.15, -0.1) is 0 Å². The topological polar surface area (TPSA) is 62.2 Å².